The zero-order valence-corrected chi connectivity index (χ0v) is 12.5. The van der Waals surface area contributed by atoms with E-state index in [1.165, 1.54) is 30.4 Å². The van der Waals surface area contributed by atoms with Crippen LogP contribution in [0.25, 0.3) is 11.0 Å². The SMILES string of the molecule is Cc1cc2ncn(C3CCCCCCC3O)c2cc1C. The first-order valence-corrected chi connectivity index (χ1v) is 7.78. The molecule has 1 aliphatic carbocycles. The molecule has 0 bridgehead atoms. The van der Waals surface area contributed by atoms with Gasteiger partial charge in [-0.3, -0.25) is 0 Å². The van der Waals surface area contributed by atoms with E-state index < -0.39 is 0 Å². The predicted molar refractivity (Wildman–Crippen MR) is 82.0 cm³/mol. The molecule has 0 amide bonds. The molecule has 0 aliphatic heterocycles. The first-order chi connectivity index (χ1) is 9.66. The van der Waals surface area contributed by atoms with E-state index in [1.54, 1.807) is 0 Å². The van der Waals surface area contributed by atoms with E-state index in [0.29, 0.717) is 0 Å². The number of aromatic nitrogens is 2. The van der Waals surface area contributed by atoms with Gasteiger partial charge in [0.15, 0.2) is 0 Å². The van der Waals surface area contributed by atoms with Crippen LogP contribution in [0.4, 0.5) is 0 Å². The second kappa shape index (κ2) is 5.57. The van der Waals surface area contributed by atoms with Gasteiger partial charge >= 0.3 is 0 Å². The lowest BCUT2D eigenvalue weighted by Gasteiger charge is -2.27. The molecular weight excluding hydrogens is 248 g/mol. The second-order valence-electron chi connectivity index (χ2n) is 6.20. The molecule has 1 aromatic heterocycles. The minimum absolute atomic E-state index is 0.183. The van der Waals surface area contributed by atoms with Crippen LogP contribution in [0, 0.1) is 13.8 Å². The van der Waals surface area contributed by atoms with Gasteiger partial charge in [-0.25, -0.2) is 4.98 Å². The lowest BCUT2D eigenvalue weighted by atomic mass is 9.94. The van der Waals surface area contributed by atoms with E-state index >= 15 is 0 Å². The van der Waals surface area contributed by atoms with Crippen molar-refractivity contribution >= 4 is 11.0 Å². The van der Waals surface area contributed by atoms with Crippen molar-refractivity contribution in [1.82, 2.24) is 9.55 Å². The molecule has 108 valence electrons. The second-order valence-corrected chi connectivity index (χ2v) is 6.20. The van der Waals surface area contributed by atoms with Crippen molar-refractivity contribution in [2.24, 2.45) is 0 Å². The molecule has 2 aromatic rings. The van der Waals surface area contributed by atoms with Gasteiger partial charge in [0.25, 0.3) is 0 Å². The van der Waals surface area contributed by atoms with Crippen molar-refractivity contribution in [1.29, 1.82) is 0 Å². The van der Waals surface area contributed by atoms with E-state index in [4.69, 9.17) is 0 Å². The number of rotatable bonds is 1. The topological polar surface area (TPSA) is 38.0 Å². The maximum atomic E-state index is 10.5. The lowest BCUT2D eigenvalue weighted by molar-refractivity contribution is 0.0905. The summed E-state index contributed by atoms with van der Waals surface area (Å²) in [6.45, 7) is 4.26. The molecule has 2 unspecified atom stereocenters. The molecule has 1 fully saturated rings. The Bertz CT molecular complexity index is 602. The Hall–Kier alpha value is -1.35. The maximum absolute atomic E-state index is 10.5. The van der Waals surface area contributed by atoms with Crippen LogP contribution in [0.1, 0.15) is 55.7 Å². The lowest BCUT2D eigenvalue weighted by Crippen LogP contribution is -2.25. The third-order valence-corrected chi connectivity index (χ3v) is 4.74. The molecule has 3 nitrogen and oxygen atoms in total. The summed E-state index contributed by atoms with van der Waals surface area (Å²) in [5.74, 6) is 0. The fourth-order valence-corrected chi connectivity index (χ4v) is 3.32. The number of aryl methyl sites for hydroxylation is 2. The Morgan fingerprint density at radius 1 is 1.05 bits per heavy atom. The largest absolute Gasteiger partial charge is 0.391 e. The Kier molecular flexibility index (Phi) is 3.79. The summed E-state index contributed by atoms with van der Waals surface area (Å²) in [7, 11) is 0. The first kappa shape index (κ1) is 13.6. The van der Waals surface area contributed by atoms with Gasteiger partial charge in [-0.05, 0) is 49.9 Å². The minimum atomic E-state index is -0.241. The Balaban J connectivity index is 2.01. The quantitative estimate of drug-likeness (QED) is 0.854. The standard InChI is InChI=1S/C17H24N2O/c1-12-9-14-16(10-13(12)2)19(11-18-14)15-7-5-3-4-6-8-17(15)20/h9-11,15,17,20H,3-8H2,1-2H3. The molecule has 1 N–H and O–H groups in total. The molecule has 1 aliphatic rings. The minimum Gasteiger partial charge on any atom is -0.391 e. The molecular formula is C17H24N2O. The van der Waals surface area contributed by atoms with E-state index in [9.17, 15) is 5.11 Å². The fourth-order valence-electron chi connectivity index (χ4n) is 3.32. The van der Waals surface area contributed by atoms with Crippen molar-refractivity contribution in [3.63, 3.8) is 0 Å². The van der Waals surface area contributed by atoms with Gasteiger partial charge in [-0.1, -0.05) is 25.7 Å². The van der Waals surface area contributed by atoms with Gasteiger partial charge in [-0.2, -0.15) is 0 Å². The Morgan fingerprint density at radius 3 is 2.55 bits per heavy atom. The van der Waals surface area contributed by atoms with Gasteiger partial charge < -0.3 is 9.67 Å². The number of fused-ring (bicyclic) bond motifs is 1. The van der Waals surface area contributed by atoms with E-state index in [2.05, 4.69) is 35.5 Å². The molecule has 0 radical (unpaired) electrons. The van der Waals surface area contributed by atoms with Crippen LogP contribution in [0.2, 0.25) is 0 Å². The van der Waals surface area contributed by atoms with Gasteiger partial charge in [-0.15, -0.1) is 0 Å². The molecule has 0 spiro atoms. The van der Waals surface area contributed by atoms with Crippen LogP contribution in [0.15, 0.2) is 18.5 Å². The van der Waals surface area contributed by atoms with Crippen LogP contribution in [0.3, 0.4) is 0 Å². The van der Waals surface area contributed by atoms with E-state index in [-0.39, 0.29) is 12.1 Å². The van der Waals surface area contributed by atoms with Crippen molar-refractivity contribution in [2.75, 3.05) is 0 Å². The van der Waals surface area contributed by atoms with E-state index in [1.807, 2.05) is 6.33 Å². The summed E-state index contributed by atoms with van der Waals surface area (Å²) >= 11 is 0. The summed E-state index contributed by atoms with van der Waals surface area (Å²) in [6, 6.07) is 4.54. The van der Waals surface area contributed by atoms with Crippen LogP contribution < -0.4 is 0 Å². The molecule has 1 saturated carbocycles. The molecule has 3 rings (SSSR count). The highest BCUT2D eigenvalue weighted by Gasteiger charge is 2.23. The summed E-state index contributed by atoms with van der Waals surface area (Å²) < 4.78 is 2.21. The third-order valence-electron chi connectivity index (χ3n) is 4.74. The normalized spacial score (nSPS) is 24.6. The first-order valence-electron chi connectivity index (χ1n) is 7.78. The summed E-state index contributed by atoms with van der Waals surface area (Å²) in [5.41, 5.74) is 4.78. The summed E-state index contributed by atoms with van der Waals surface area (Å²) in [5, 5.41) is 10.5. The summed E-state index contributed by atoms with van der Waals surface area (Å²) in [6.07, 6.45) is 8.53. The zero-order valence-electron chi connectivity index (χ0n) is 12.5. The van der Waals surface area contributed by atoms with Crippen LogP contribution >= 0.6 is 0 Å². The molecule has 3 heteroatoms. The van der Waals surface area contributed by atoms with E-state index in [0.717, 1.165) is 30.3 Å². The fraction of sp³-hybridized carbons (Fsp3) is 0.588. The number of imidazole rings is 1. The molecule has 20 heavy (non-hydrogen) atoms. The van der Waals surface area contributed by atoms with Crippen LogP contribution in [-0.2, 0) is 0 Å². The third kappa shape index (κ3) is 2.47. The Morgan fingerprint density at radius 2 is 1.75 bits per heavy atom. The Labute approximate surface area is 120 Å². The van der Waals surface area contributed by atoms with Crippen LogP contribution in [0.5, 0.6) is 0 Å². The van der Waals surface area contributed by atoms with Gasteiger partial charge in [0.2, 0.25) is 0 Å². The highest BCUT2D eigenvalue weighted by Crippen LogP contribution is 2.30. The average Bonchev–Trinajstić information content (AvgIpc) is 2.78. The van der Waals surface area contributed by atoms with Gasteiger partial charge in [0.1, 0.15) is 0 Å². The van der Waals surface area contributed by atoms with Crippen LogP contribution in [-0.4, -0.2) is 20.8 Å². The van der Waals surface area contributed by atoms with Crippen molar-refractivity contribution in [2.45, 2.75) is 64.5 Å². The van der Waals surface area contributed by atoms with Gasteiger partial charge in [0.05, 0.1) is 29.5 Å². The number of aliphatic hydroxyl groups is 1. The van der Waals surface area contributed by atoms with Crippen molar-refractivity contribution in [3.05, 3.63) is 29.6 Å². The zero-order chi connectivity index (χ0) is 14.1. The highest BCUT2D eigenvalue weighted by molar-refractivity contribution is 5.77. The van der Waals surface area contributed by atoms with Crippen molar-refractivity contribution < 1.29 is 5.11 Å². The molecule has 0 saturated heterocycles. The average molecular weight is 272 g/mol. The highest BCUT2D eigenvalue weighted by atomic mass is 16.3. The number of aliphatic hydroxyl groups excluding tert-OH is 1. The maximum Gasteiger partial charge on any atom is 0.0961 e. The summed E-state index contributed by atoms with van der Waals surface area (Å²) in [4.78, 5) is 4.54. The molecule has 2 atom stereocenters. The monoisotopic (exact) mass is 272 g/mol. The molecule has 1 aromatic carbocycles. The predicted octanol–water partition coefficient (Wildman–Crippen LogP) is 3.91. The molecule has 1 heterocycles. The number of hydrogen-bond acceptors (Lipinski definition) is 2. The van der Waals surface area contributed by atoms with Gasteiger partial charge in [0, 0.05) is 0 Å². The number of hydrogen-bond donors (Lipinski definition) is 1. The van der Waals surface area contributed by atoms with Crippen molar-refractivity contribution in [3.8, 4) is 0 Å². The number of nitrogens with zero attached hydrogens (tertiary/aromatic N) is 2. The number of benzene rings is 1. The smallest absolute Gasteiger partial charge is 0.0961 e.